The number of ether oxygens (including phenoxy) is 2. The van der Waals surface area contributed by atoms with Crippen molar-refractivity contribution in [2.75, 3.05) is 38.5 Å². The molecule has 188 valence electrons. The zero-order chi connectivity index (χ0) is 24.5. The Bertz CT molecular complexity index is 937. The van der Waals surface area contributed by atoms with E-state index < -0.39 is 0 Å². The molecule has 34 heavy (non-hydrogen) atoms. The molecule has 1 amide bonds. The molecule has 0 aliphatic carbocycles. The Morgan fingerprint density at radius 1 is 1.26 bits per heavy atom. The van der Waals surface area contributed by atoms with Gasteiger partial charge in [0.15, 0.2) is 0 Å². The lowest BCUT2D eigenvalue weighted by Crippen LogP contribution is -2.53. The van der Waals surface area contributed by atoms with Gasteiger partial charge >= 0.3 is 11.9 Å². The molecule has 3 aliphatic heterocycles. The van der Waals surface area contributed by atoms with Gasteiger partial charge in [0.25, 0.3) is 5.91 Å². The smallest absolute Gasteiger partial charge is 0.314 e. The van der Waals surface area contributed by atoms with E-state index in [1.54, 1.807) is 0 Å². The summed E-state index contributed by atoms with van der Waals surface area (Å²) in [5, 5.41) is 0.551. The van der Waals surface area contributed by atoms with Crippen LogP contribution in [0, 0.1) is 5.41 Å². The number of cyclic esters (lactones) is 1. The van der Waals surface area contributed by atoms with E-state index in [0.717, 1.165) is 56.5 Å². The van der Waals surface area contributed by atoms with Crippen LogP contribution in [-0.4, -0.2) is 72.1 Å². The van der Waals surface area contributed by atoms with E-state index in [0.29, 0.717) is 42.7 Å². The number of hydrogen-bond acceptors (Lipinski definition) is 8. The summed E-state index contributed by atoms with van der Waals surface area (Å²) in [7, 11) is 0. The van der Waals surface area contributed by atoms with Gasteiger partial charge in [0.05, 0.1) is 22.6 Å². The largest absolute Gasteiger partial charge is 0.466 e. The molecule has 4 rings (SSSR count). The van der Waals surface area contributed by atoms with E-state index in [1.807, 2.05) is 24.8 Å². The highest BCUT2D eigenvalue weighted by Crippen LogP contribution is 2.46. The van der Waals surface area contributed by atoms with Crippen molar-refractivity contribution in [2.45, 2.75) is 77.4 Å². The van der Waals surface area contributed by atoms with Gasteiger partial charge in [-0.05, 0) is 65.0 Å². The van der Waals surface area contributed by atoms with Gasteiger partial charge in [-0.25, -0.2) is 0 Å². The summed E-state index contributed by atoms with van der Waals surface area (Å²) in [6.45, 7) is 8.94. The molecule has 1 unspecified atom stereocenters. The van der Waals surface area contributed by atoms with Crippen molar-refractivity contribution in [1.29, 1.82) is 0 Å². The van der Waals surface area contributed by atoms with Crippen LogP contribution in [0.2, 0.25) is 0 Å². The monoisotopic (exact) mass is 491 g/mol. The molecule has 1 atom stereocenters. The fourth-order valence-electron chi connectivity index (χ4n) is 5.89. The summed E-state index contributed by atoms with van der Waals surface area (Å²) in [5.74, 6) is -0.322. The molecule has 3 fully saturated rings. The molecule has 1 aromatic rings. The van der Waals surface area contributed by atoms with Crippen molar-refractivity contribution in [3.8, 4) is 0 Å². The van der Waals surface area contributed by atoms with Crippen molar-refractivity contribution >= 4 is 34.2 Å². The molecule has 1 spiro atoms. The van der Waals surface area contributed by atoms with E-state index in [4.69, 9.17) is 15.2 Å². The molecule has 0 saturated carbocycles. The van der Waals surface area contributed by atoms with Crippen LogP contribution in [0.15, 0.2) is 6.07 Å². The molecule has 8 nitrogen and oxygen atoms in total. The normalized spacial score (nSPS) is 25.5. The summed E-state index contributed by atoms with van der Waals surface area (Å²) in [6.07, 6.45) is 5.94. The van der Waals surface area contributed by atoms with Crippen molar-refractivity contribution in [3.05, 3.63) is 16.5 Å². The quantitative estimate of drug-likeness (QED) is 0.481. The zero-order valence-electron chi connectivity index (χ0n) is 20.6. The summed E-state index contributed by atoms with van der Waals surface area (Å²) >= 11 is 1.44. The first-order valence-electron chi connectivity index (χ1n) is 12.4. The Morgan fingerprint density at radius 2 is 2.00 bits per heavy atom. The van der Waals surface area contributed by atoms with Crippen molar-refractivity contribution in [2.24, 2.45) is 5.41 Å². The number of carbonyl (C=O) groups excluding carboxylic acids is 3. The van der Waals surface area contributed by atoms with Crippen LogP contribution in [0.1, 0.15) is 74.5 Å². The molecule has 0 radical (unpaired) electrons. The van der Waals surface area contributed by atoms with Gasteiger partial charge in [-0.15, -0.1) is 11.3 Å². The van der Waals surface area contributed by atoms with Crippen molar-refractivity contribution in [3.63, 3.8) is 0 Å². The summed E-state index contributed by atoms with van der Waals surface area (Å²) in [5.41, 5.74) is 6.01. The Kier molecular flexibility index (Phi) is 7.24. The molecular formula is C25H37N3O5S. The summed E-state index contributed by atoms with van der Waals surface area (Å²) in [4.78, 5) is 42.2. The van der Waals surface area contributed by atoms with Crippen LogP contribution in [0.5, 0.6) is 0 Å². The van der Waals surface area contributed by atoms with Crippen LogP contribution in [0.4, 0.5) is 5.00 Å². The van der Waals surface area contributed by atoms with Gasteiger partial charge in [0.2, 0.25) is 0 Å². The molecule has 9 heteroatoms. The average molecular weight is 492 g/mol. The minimum atomic E-state index is -0.379. The molecule has 1 aromatic heterocycles. The second-order valence-electron chi connectivity index (χ2n) is 10.6. The Labute approximate surface area is 205 Å². The number of piperidine rings is 2. The maximum Gasteiger partial charge on any atom is 0.314 e. The van der Waals surface area contributed by atoms with Gasteiger partial charge < -0.3 is 20.1 Å². The second-order valence-corrected chi connectivity index (χ2v) is 11.8. The van der Waals surface area contributed by atoms with E-state index >= 15 is 0 Å². The number of hydrogen-bond donors (Lipinski definition) is 1. The van der Waals surface area contributed by atoms with E-state index in [-0.39, 0.29) is 28.9 Å². The summed E-state index contributed by atoms with van der Waals surface area (Å²) in [6, 6.07) is 2.28. The number of aryl methyl sites for hydroxylation is 1. The predicted molar refractivity (Wildman–Crippen MR) is 131 cm³/mol. The van der Waals surface area contributed by atoms with Crippen LogP contribution in [-0.2, 0) is 25.5 Å². The minimum Gasteiger partial charge on any atom is -0.466 e. The highest BCUT2D eigenvalue weighted by Gasteiger charge is 2.54. The van der Waals surface area contributed by atoms with Gasteiger partial charge in [-0.1, -0.05) is 0 Å². The number of thiophene rings is 1. The second kappa shape index (κ2) is 9.85. The lowest BCUT2D eigenvalue weighted by molar-refractivity contribution is -0.154. The molecule has 2 N–H and O–H groups in total. The number of nitrogens with two attached hydrogens (primary N) is 1. The fourth-order valence-corrected chi connectivity index (χ4v) is 6.85. The number of rotatable bonds is 6. The molecule has 0 aromatic carbocycles. The van der Waals surface area contributed by atoms with E-state index in [9.17, 15) is 14.4 Å². The molecule has 3 saturated heterocycles. The number of nitrogen functional groups attached to an aromatic ring is 1. The third-order valence-corrected chi connectivity index (χ3v) is 8.38. The predicted octanol–water partition coefficient (Wildman–Crippen LogP) is 3.24. The molecular weight excluding hydrogens is 454 g/mol. The topological polar surface area (TPSA) is 102 Å². The minimum absolute atomic E-state index is 0.00493. The Balaban J connectivity index is 1.30. The van der Waals surface area contributed by atoms with E-state index in [2.05, 4.69) is 4.90 Å². The first kappa shape index (κ1) is 25.0. The summed E-state index contributed by atoms with van der Waals surface area (Å²) < 4.78 is 10.7. The van der Waals surface area contributed by atoms with Crippen molar-refractivity contribution in [1.82, 2.24) is 9.80 Å². The number of likely N-dealkylation sites (tertiary alicyclic amines) is 2. The van der Waals surface area contributed by atoms with Crippen LogP contribution in [0.25, 0.3) is 0 Å². The van der Waals surface area contributed by atoms with Crippen LogP contribution < -0.4 is 5.73 Å². The third-order valence-electron chi connectivity index (χ3n) is 7.36. The van der Waals surface area contributed by atoms with Crippen molar-refractivity contribution < 1.29 is 23.9 Å². The van der Waals surface area contributed by atoms with Gasteiger partial charge in [-0.2, -0.15) is 0 Å². The highest BCUT2D eigenvalue weighted by atomic mass is 32.1. The number of anilines is 1. The zero-order valence-corrected chi connectivity index (χ0v) is 21.4. The third kappa shape index (κ3) is 5.40. The maximum absolute atomic E-state index is 13.2. The van der Waals surface area contributed by atoms with Crippen LogP contribution >= 0.6 is 11.3 Å². The Hall–Kier alpha value is -2.13. The number of esters is 2. The van der Waals surface area contributed by atoms with E-state index in [1.165, 1.54) is 18.3 Å². The van der Waals surface area contributed by atoms with Crippen LogP contribution in [0.3, 0.4) is 0 Å². The Morgan fingerprint density at radius 3 is 2.65 bits per heavy atom. The molecule has 4 heterocycles. The van der Waals surface area contributed by atoms with Gasteiger partial charge in [-0.3, -0.25) is 19.3 Å². The highest BCUT2D eigenvalue weighted by molar-refractivity contribution is 7.16. The number of carbonyl (C=O) groups is 3. The average Bonchev–Trinajstić information content (AvgIpc) is 3.25. The first-order chi connectivity index (χ1) is 16.1. The number of amides is 1. The molecule has 3 aliphatic rings. The lowest BCUT2D eigenvalue weighted by atomic mass is 9.74. The standard InChI is InChI=1S/C25H37N3O5S/c1-17(29)32-13-4-6-19-14-20(21(26)34-19)22(30)27-11-7-18(8-12-27)28-10-5-9-25(16-28)15-24(2,3)33-23(25)31/h14,18H,4-13,15-16,26H2,1-3H3. The first-order valence-corrected chi connectivity index (χ1v) is 13.2. The maximum atomic E-state index is 13.2. The number of nitrogens with zero attached hydrogens (tertiary/aromatic N) is 2. The fraction of sp³-hybridized carbons (Fsp3) is 0.720. The molecule has 0 bridgehead atoms. The van der Waals surface area contributed by atoms with Gasteiger partial charge in [0.1, 0.15) is 5.60 Å². The SMILES string of the molecule is CC(=O)OCCCc1cc(C(=O)N2CCC(N3CCCC4(C3)CC(C)(C)OC4=O)CC2)c(N)s1. The lowest BCUT2D eigenvalue weighted by Gasteiger charge is -2.44. The van der Waals surface area contributed by atoms with Gasteiger partial charge in [0, 0.05) is 43.9 Å².